The first-order valence-electron chi connectivity index (χ1n) is 6.81. The predicted octanol–water partition coefficient (Wildman–Crippen LogP) is 3.56. The minimum atomic E-state index is 0.467. The van der Waals surface area contributed by atoms with E-state index in [9.17, 15) is 0 Å². The second-order valence-electron chi connectivity index (χ2n) is 5.31. The monoisotopic (exact) mass is 262 g/mol. The quantitative estimate of drug-likeness (QED) is 0.815. The van der Waals surface area contributed by atoms with E-state index >= 15 is 0 Å². The number of hydrogen-bond donors (Lipinski definition) is 2. The van der Waals surface area contributed by atoms with E-state index in [0.717, 1.165) is 29.6 Å². The van der Waals surface area contributed by atoms with Gasteiger partial charge in [0, 0.05) is 17.8 Å². The maximum atomic E-state index is 5.74. The summed E-state index contributed by atoms with van der Waals surface area (Å²) in [5, 5.41) is 3.53. The summed E-state index contributed by atoms with van der Waals surface area (Å²) in [6.07, 6.45) is 5.46. The van der Waals surface area contributed by atoms with Crippen LogP contribution in [0.15, 0.2) is 24.3 Å². The average molecular weight is 262 g/mol. The fourth-order valence-corrected chi connectivity index (χ4v) is 2.97. The van der Waals surface area contributed by atoms with Crippen LogP contribution in [0.4, 0.5) is 5.69 Å². The molecule has 0 saturated heterocycles. The molecular formula is C15H22N2S. The maximum absolute atomic E-state index is 5.74. The number of nitrogens with one attached hydrogen (secondary N) is 1. The van der Waals surface area contributed by atoms with Crippen molar-refractivity contribution in [2.75, 3.05) is 11.9 Å². The molecule has 2 atom stereocenters. The fourth-order valence-electron chi connectivity index (χ4n) is 2.79. The summed E-state index contributed by atoms with van der Waals surface area (Å²) < 4.78 is 0. The Balaban J connectivity index is 1.99. The van der Waals surface area contributed by atoms with Gasteiger partial charge in [-0.2, -0.15) is 0 Å². The van der Waals surface area contributed by atoms with Crippen molar-refractivity contribution in [3.8, 4) is 0 Å². The van der Waals surface area contributed by atoms with Crippen molar-refractivity contribution < 1.29 is 0 Å². The standard InChI is InChI=1S/C15H22N2S/c1-11-6-2-3-7-12(11)10-17-14-9-5-4-8-13(14)15(16)18/h4-5,8-9,11-12,17H,2-3,6-7,10H2,1H3,(H2,16,18). The molecule has 1 aromatic rings. The van der Waals surface area contributed by atoms with Crippen molar-refractivity contribution in [1.82, 2.24) is 0 Å². The molecule has 2 rings (SSSR count). The first-order valence-corrected chi connectivity index (χ1v) is 7.22. The van der Waals surface area contributed by atoms with E-state index in [1.807, 2.05) is 18.2 Å². The van der Waals surface area contributed by atoms with Crippen molar-refractivity contribution in [3.05, 3.63) is 29.8 Å². The van der Waals surface area contributed by atoms with Crippen LogP contribution < -0.4 is 11.1 Å². The van der Waals surface area contributed by atoms with Crippen molar-refractivity contribution in [2.45, 2.75) is 32.6 Å². The Morgan fingerprint density at radius 1 is 1.33 bits per heavy atom. The molecule has 0 bridgehead atoms. The van der Waals surface area contributed by atoms with E-state index in [4.69, 9.17) is 18.0 Å². The van der Waals surface area contributed by atoms with Gasteiger partial charge in [0.1, 0.15) is 4.99 Å². The van der Waals surface area contributed by atoms with Crippen molar-refractivity contribution in [1.29, 1.82) is 0 Å². The molecule has 18 heavy (non-hydrogen) atoms. The molecule has 1 aliphatic rings. The molecule has 3 N–H and O–H groups in total. The number of benzene rings is 1. The minimum absolute atomic E-state index is 0.467. The van der Waals surface area contributed by atoms with Crippen LogP contribution in [0.2, 0.25) is 0 Å². The molecule has 3 heteroatoms. The topological polar surface area (TPSA) is 38.0 Å². The third-order valence-electron chi connectivity index (χ3n) is 4.04. The summed E-state index contributed by atoms with van der Waals surface area (Å²) in [4.78, 5) is 0.467. The van der Waals surface area contributed by atoms with Crippen molar-refractivity contribution >= 4 is 22.9 Å². The number of hydrogen-bond acceptors (Lipinski definition) is 2. The van der Waals surface area contributed by atoms with E-state index < -0.39 is 0 Å². The van der Waals surface area contributed by atoms with E-state index in [-0.39, 0.29) is 0 Å². The first kappa shape index (κ1) is 13.3. The second kappa shape index (κ2) is 6.19. The third-order valence-corrected chi connectivity index (χ3v) is 4.26. The fraction of sp³-hybridized carbons (Fsp3) is 0.533. The zero-order chi connectivity index (χ0) is 13.0. The predicted molar refractivity (Wildman–Crippen MR) is 81.9 cm³/mol. The highest BCUT2D eigenvalue weighted by Crippen LogP contribution is 2.30. The van der Waals surface area contributed by atoms with Gasteiger partial charge in [-0.05, 0) is 30.4 Å². The van der Waals surface area contributed by atoms with Crippen LogP contribution in [0.25, 0.3) is 0 Å². The molecule has 1 fully saturated rings. The zero-order valence-corrected chi connectivity index (χ0v) is 11.8. The molecule has 2 nitrogen and oxygen atoms in total. The summed E-state index contributed by atoms with van der Waals surface area (Å²) in [7, 11) is 0. The molecule has 1 saturated carbocycles. The lowest BCUT2D eigenvalue weighted by atomic mass is 9.80. The van der Waals surface area contributed by atoms with Crippen LogP contribution in [0, 0.1) is 11.8 Å². The summed E-state index contributed by atoms with van der Waals surface area (Å²) in [5.74, 6) is 1.60. The first-order chi connectivity index (χ1) is 8.68. The van der Waals surface area contributed by atoms with E-state index in [0.29, 0.717) is 4.99 Å². The normalized spacial score (nSPS) is 23.6. The number of nitrogens with two attached hydrogens (primary N) is 1. The van der Waals surface area contributed by atoms with Gasteiger partial charge in [0.05, 0.1) is 0 Å². The third kappa shape index (κ3) is 3.22. The average Bonchev–Trinajstić information content (AvgIpc) is 2.38. The highest BCUT2D eigenvalue weighted by atomic mass is 32.1. The summed E-state index contributed by atoms with van der Waals surface area (Å²) >= 11 is 5.08. The molecule has 0 amide bonds. The summed E-state index contributed by atoms with van der Waals surface area (Å²) in [6, 6.07) is 8.04. The smallest absolute Gasteiger partial charge is 0.106 e. The van der Waals surface area contributed by atoms with E-state index in [2.05, 4.69) is 18.3 Å². The molecule has 0 aliphatic heterocycles. The Morgan fingerprint density at radius 2 is 2.06 bits per heavy atom. The lowest BCUT2D eigenvalue weighted by Crippen LogP contribution is -2.25. The SMILES string of the molecule is CC1CCCCC1CNc1ccccc1C(N)=S. The second-order valence-corrected chi connectivity index (χ2v) is 5.75. The number of para-hydroxylation sites is 1. The molecule has 1 aromatic carbocycles. The minimum Gasteiger partial charge on any atom is -0.389 e. The number of rotatable bonds is 4. The van der Waals surface area contributed by atoms with Crippen LogP contribution >= 0.6 is 12.2 Å². The van der Waals surface area contributed by atoms with Gasteiger partial charge in [0.2, 0.25) is 0 Å². The Kier molecular flexibility index (Phi) is 4.59. The van der Waals surface area contributed by atoms with Gasteiger partial charge in [-0.15, -0.1) is 0 Å². The van der Waals surface area contributed by atoms with Crippen molar-refractivity contribution in [2.24, 2.45) is 17.6 Å². The van der Waals surface area contributed by atoms with Crippen LogP contribution in [0.1, 0.15) is 38.2 Å². The highest BCUT2D eigenvalue weighted by Gasteiger charge is 2.21. The lowest BCUT2D eigenvalue weighted by molar-refractivity contribution is 0.268. The summed E-state index contributed by atoms with van der Waals surface area (Å²) in [6.45, 7) is 3.39. The Morgan fingerprint density at radius 3 is 2.78 bits per heavy atom. The van der Waals surface area contributed by atoms with Crippen LogP contribution in [-0.2, 0) is 0 Å². The molecule has 98 valence electrons. The van der Waals surface area contributed by atoms with Gasteiger partial charge in [-0.25, -0.2) is 0 Å². The lowest BCUT2D eigenvalue weighted by Gasteiger charge is -2.29. The van der Waals surface area contributed by atoms with Crippen LogP contribution in [0.5, 0.6) is 0 Å². The molecule has 1 aliphatic carbocycles. The maximum Gasteiger partial charge on any atom is 0.106 e. The largest absolute Gasteiger partial charge is 0.389 e. The zero-order valence-electron chi connectivity index (χ0n) is 11.0. The Hall–Kier alpha value is -1.09. The molecule has 0 spiro atoms. The van der Waals surface area contributed by atoms with E-state index in [1.54, 1.807) is 0 Å². The molecule has 2 unspecified atom stereocenters. The van der Waals surface area contributed by atoms with Crippen LogP contribution in [-0.4, -0.2) is 11.5 Å². The van der Waals surface area contributed by atoms with E-state index in [1.165, 1.54) is 25.7 Å². The molecule has 0 radical (unpaired) electrons. The molecular weight excluding hydrogens is 240 g/mol. The van der Waals surface area contributed by atoms with Gasteiger partial charge in [-0.3, -0.25) is 0 Å². The van der Waals surface area contributed by atoms with Gasteiger partial charge in [0.15, 0.2) is 0 Å². The van der Waals surface area contributed by atoms with Gasteiger partial charge in [0.25, 0.3) is 0 Å². The Labute approximate surface area is 115 Å². The van der Waals surface area contributed by atoms with Gasteiger partial charge in [-0.1, -0.05) is 50.5 Å². The number of anilines is 1. The van der Waals surface area contributed by atoms with Crippen LogP contribution in [0.3, 0.4) is 0 Å². The highest BCUT2D eigenvalue weighted by molar-refractivity contribution is 7.80. The van der Waals surface area contributed by atoms with Gasteiger partial charge >= 0.3 is 0 Å². The molecule has 0 aromatic heterocycles. The molecule has 0 heterocycles. The number of thiocarbonyl (C=S) groups is 1. The van der Waals surface area contributed by atoms with Crippen molar-refractivity contribution in [3.63, 3.8) is 0 Å². The van der Waals surface area contributed by atoms with Gasteiger partial charge < -0.3 is 11.1 Å². The summed E-state index contributed by atoms with van der Waals surface area (Å²) in [5.41, 5.74) is 7.77. The Bertz CT molecular complexity index is 417.